The van der Waals surface area contributed by atoms with Crippen LogP contribution < -0.4 is 10.1 Å². The third-order valence-electron chi connectivity index (χ3n) is 3.91. The number of ether oxygens (including phenoxy) is 1. The quantitative estimate of drug-likeness (QED) is 0.480. The number of hydrogen-bond acceptors (Lipinski definition) is 5. The molecule has 0 saturated carbocycles. The lowest BCUT2D eigenvalue weighted by Gasteiger charge is -2.08. The highest BCUT2D eigenvalue weighted by Crippen LogP contribution is 2.28. The molecule has 0 aliphatic carbocycles. The summed E-state index contributed by atoms with van der Waals surface area (Å²) in [6, 6.07) is 12.3. The van der Waals surface area contributed by atoms with Gasteiger partial charge >= 0.3 is 0 Å². The van der Waals surface area contributed by atoms with Gasteiger partial charge < -0.3 is 14.6 Å². The molecule has 0 spiro atoms. The van der Waals surface area contributed by atoms with E-state index in [2.05, 4.69) is 15.5 Å². The minimum absolute atomic E-state index is 0.0984. The number of thioether (sulfide) groups is 1. The van der Waals surface area contributed by atoms with Gasteiger partial charge in [-0.1, -0.05) is 58.7 Å². The predicted molar refractivity (Wildman–Crippen MR) is 116 cm³/mol. The molecule has 0 atom stereocenters. The summed E-state index contributed by atoms with van der Waals surface area (Å²) in [6.45, 7) is 0.629. The lowest BCUT2D eigenvalue weighted by Crippen LogP contribution is -2.24. The van der Waals surface area contributed by atoms with Gasteiger partial charge in [0.05, 0.1) is 10.8 Å². The van der Waals surface area contributed by atoms with Gasteiger partial charge in [-0.05, 0) is 35.9 Å². The fraction of sp³-hybridized carbons (Fsp3) is 0.211. The van der Waals surface area contributed by atoms with E-state index in [1.807, 2.05) is 19.2 Å². The second-order valence-corrected chi connectivity index (χ2v) is 8.24. The van der Waals surface area contributed by atoms with Gasteiger partial charge in [0.2, 0.25) is 5.91 Å². The van der Waals surface area contributed by atoms with Crippen LogP contribution in [0, 0.1) is 0 Å². The van der Waals surface area contributed by atoms with Gasteiger partial charge in [-0.25, -0.2) is 0 Å². The zero-order valence-corrected chi connectivity index (χ0v) is 18.4. The number of hydrogen-bond donors (Lipinski definition) is 1. The second kappa shape index (κ2) is 10.2. The lowest BCUT2D eigenvalue weighted by atomic mass is 10.2. The van der Waals surface area contributed by atoms with Crippen molar-refractivity contribution < 1.29 is 9.53 Å². The second-order valence-electron chi connectivity index (χ2n) is 6.01. The van der Waals surface area contributed by atoms with Crippen molar-refractivity contribution in [1.82, 2.24) is 20.1 Å². The Bertz CT molecular complexity index is 996. The van der Waals surface area contributed by atoms with Gasteiger partial charge in [-0.3, -0.25) is 4.79 Å². The van der Waals surface area contributed by atoms with Crippen molar-refractivity contribution in [3.05, 3.63) is 68.9 Å². The molecule has 1 N–H and O–H groups in total. The van der Waals surface area contributed by atoms with Crippen molar-refractivity contribution in [2.75, 3.05) is 5.75 Å². The summed E-state index contributed by atoms with van der Waals surface area (Å²) in [7, 11) is 1.82. The molecule has 0 radical (unpaired) electrons. The van der Waals surface area contributed by atoms with Crippen molar-refractivity contribution in [1.29, 1.82) is 0 Å². The SMILES string of the molecule is Cn1c(COc2ccc(Cl)cc2Cl)nnc1SCC(=O)NCc1ccc(Cl)cc1. The standard InChI is InChI=1S/C19H17Cl3N4O2S/c1-26-17(10-28-16-7-6-14(21)8-15(16)22)24-25-19(26)29-11-18(27)23-9-12-2-4-13(20)5-3-12/h2-8H,9-11H2,1H3,(H,23,27). The normalized spacial score (nSPS) is 10.8. The summed E-state index contributed by atoms with van der Waals surface area (Å²) in [5.74, 6) is 1.25. The molecular weight excluding hydrogens is 455 g/mol. The summed E-state index contributed by atoms with van der Waals surface area (Å²) < 4.78 is 7.46. The summed E-state index contributed by atoms with van der Waals surface area (Å²) >= 11 is 19.1. The monoisotopic (exact) mass is 470 g/mol. The number of benzene rings is 2. The Morgan fingerprint density at radius 1 is 1.10 bits per heavy atom. The summed E-state index contributed by atoms with van der Waals surface area (Å²) in [4.78, 5) is 12.1. The molecule has 0 bridgehead atoms. The first-order valence-electron chi connectivity index (χ1n) is 8.52. The van der Waals surface area contributed by atoms with E-state index in [1.165, 1.54) is 11.8 Å². The highest BCUT2D eigenvalue weighted by molar-refractivity contribution is 7.99. The fourth-order valence-corrected chi connectivity index (χ4v) is 3.66. The molecule has 0 aliphatic heterocycles. The number of halogens is 3. The molecule has 3 aromatic rings. The minimum Gasteiger partial charge on any atom is -0.484 e. The zero-order chi connectivity index (χ0) is 20.8. The fourth-order valence-electron chi connectivity index (χ4n) is 2.32. The molecule has 10 heteroatoms. The minimum atomic E-state index is -0.0984. The van der Waals surface area contributed by atoms with Gasteiger partial charge in [0.1, 0.15) is 12.4 Å². The zero-order valence-electron chi connectivity index (χ0n) is 15.4. The number of nitrogens with zero attached hydrogens (tertiary/aromatic N) is 3. The Hall–Kier alpha value is -1.93. The third-order valence-corrected chi connectivity index (χ3v) is 5.71. The Morgan fingerprint density at radius 3 is 2.55 bits per heavy atom. The van der Waals surface area contributed by atoms with E-state index < -0.39 is 0 Å². The van der Waals surface area contributed by atoms with Crippen molar-refractivity contribution in [3.63, 3.8) is 0 Å². The van der Waals surface area contributed by atoms with Crippen molar-refractivity contribution in [2.45, 2.75) is 18.3 Å². The Labute approximate surface area is 187 Å². The van der Waals surface area contributed by atoms with Crippen LogP contribution in [0.25, 0.3) is 0 Å². The van der Waals surface area contributed by atoms with Crippen LogP contribution in [-0.4, -0.2) is 26.4 Å². The van der Waals surface area contributed by atoms with Crippen molar-refractivity contribution in [2.24, 2.45) is 7.05 Å². The molecule has 29 heavy (non-hydrogen) atoms. The van der Waals surface area contributed by atoms with Crippen LogP contribution in [-0.2, 0) is 25.0 Å². The van der Waals surface area contributed by atoms with E-state index in [0.29, 0.717) is 38.3 Å². The summed E-state index contributed by atoms with van der Waals surface area (Å²) in [5, 5.41) is 13.3. The largest absolute Gasteiger partial charge is 0.484 e. The molecule has 6 nitrogen and oxygen atoms in total. The Morgan fingerprint density at radius 2 is 1.83 bits per heavy atom. The number of amides is 1. The molecule has 1 heterocycles. The number of carbonyl (C=O) groups excluding carboxylic acids is 1. The summed E-state index contributed by atoms with van der Waals surface area (Å²) in [6.07, 6.45) is 0. The van der Waals surface area contributed by atoms with E-state index in [-0.39, 0.29) is 18.3 Å². The van der Waals surface area contributed by atoms with Crippen LogP contribution in [0.15, 0.2) is 47.6 Å². The number of nitrogens with one attached hydrogen (secondary N) is 1. The number of aromatic nitrogens is 3. The molecule has 3 rings (SSSR count). The van der Waals surface area contributed by atoms with Gasteiger partial charge in [0.15, 0.2) is 11.0 Å². The molecule has 2 aromatic carbocycles. The highest BCUT2D eigenvalue weighted by atomic mass is 35.5. The third kappa shape index (κ3) is 6.27. The topological polar surface area (TPSA) is 69.0 Å². The first-order chi connectivity index (χ1) is 13.9. The Balaban J connectivity index is 1.48. The van der Waals surface area contributed by atoms with Gasteiger partial charge in [-0.15, -0.1) is 10.2 Å². The molecule has 1 aromatic heterocycles. The van der Waals surface area contributed by atoms with Crippen LogP contribution in [0.4, 0.5) is 0 Å². The highest BCUT2D eigenvalue weighted by Gasteiger charge is 2.13. The van der Waals surface area contributed by atoms with E-state index in [0.717, 1.165) is 5.56 Å². The van der Waals surface area contributed by atoms with Crippen molar-refractivity contribution in [3.8, 4) is 5.75 Å². The average molecular weight is 472 g/mol. The molecule has 0 aliphatic rings. The maximum absolute atomic E-state index is 12.1. The molecule has 1 amide bonds. The van der Waals surface area contributed by atoms with E-state index in [1.54, 1.807) is 34.9 Å². The molecule has 152 valence electrons. The maximum Gasteiger partial charge on any atom is 0.230 e. The van der Waals surface area contributed by atoms with Crippen LogP contribution in [0.2, 0.25) is 15.1 Å². The number of rotatable bonds is 8. The molecule has 0 saturated heterocycles. The first-order valence-corrected chi connectivity index (χ1v) is 10.6. The van der Waals surface area contributed by atoms with Crippen molar-refractivity contribution >= 4 is 52.5 Å². The van der Waals surface area contributed by atoms with Gasteiger partial charge in [-0.2, -0.15) is 0 Å². The van der Waals surface area contributed by atoms with Gasteiger partial charge in [0.25, 0.3) is 0 Å². The molecule has 0 fully saturated rings. The van der Waals surface area contributed by atoms with Crippen LogP contribution in [0.1, 0.15) is 11.4 Å². The van der Waals surface area contributed by atoms with Crippen LogP contribution in [0.3, 0.4) is 0 Å². The van der Waals surface area contributed by atoms with Crippen LogP contribution >= 0.6 is 46.6 Å². The van der Waals surface area contributed by atoms with E-state index >= 15 is 0 Å². The first kappa shape index (κ1) is 21.8. The maximum atomic E-state index is 12.1. The predicted octanol–water partition coefficient (Wildman–Crippen LogP) is 4.76. The Kier molecular flexibility index (Phi) is 7.66. The lowest BCUT2D eigenvalue weighted by molar-refractivity contribution is -0.118. The smallest absolute Gasteiger partial charge is 0.230 e. The molecule has 0 unspecified atom stereocenters. The molecular formula is C19H17Cl3N4O2S. The average Bonchev–Trinajstić information content (AvgIpc) is 3.05. The number of carbonyl (C=O) groups is 1. The van der Waals surface area contributed by atoms with Gasteiger partial charge in [0, 0.05) is 23.6 Å². The van der Waals surface area contributed by atoms with E-state index in [4.69, 9.17) is 39.5 Å². The van der Waals surface area contributed by atoms with E-state index in [9.17, 15) is 4.79 Å². The summed E-state index contributed by atoms with van der Waals surface area (Å²) in [5.41, 5.74) is 0.978. The van der Waals surface area contributed by atoms with Crippen LogP contribution in [0.5, 0.6) is 5.75 Å².